The number of carbonyl (C=O) groups excluding carboxylic acids is 1. The van der Waals surface area contributed by atoms with Gasteiger partial charge in [-0.3, -0.25) is 9.83 Å². The first-order chi connectivity index (χ1) is 9.72. The van der Waals surface area contributed by atoms with Gasteiger partial charge >= 0.3 is 29.6 Å². The van der Waals surface area contributed by atoms with Crippen LogP contribution in [0.2, 0.25) is 0 Å². The molecule has 1 amide bonds. The van der Waals surface area contributed by atoms with Gasteiger partial charge in [0.2, 0.25) is 22.1 Å². The van der Waals surface area contributed by atoms with E-state index in [1.807, 2.05) is 0 Å². The molecule has 0 unspecified atom stereocenters. The first kappa shape index (κ1) is 23.6. The van der Waals surface area contributed by atoms with E-state index < -0.39 is 11.3 Å². The molecule has 0 spiro atoms. The first-order valence-electron chi connectivity index (χ1n) is 4.63. The van der Waals surface area contributed by atoms with E-state index >= 15 is 0 Å². The molecule has 9 nitrogen and oxygen atoms in total. The maximum absolute atomic E-state index is 12.0. The van der Waals surface area contributed by atoms with Crippen molar-refractivity contribution in [3.05, 3.63) is 5.01 Å². The molecule has 1 aromatic rings. The maximum atomic E-state index is 12.0. The van der Waals surface area contributed by atoms with Gasteiger partial charge in [0.15, 0.2) is 0 Å². The minimum absolute atomic E-state index is 0. The molecule has 0 bridgehead atoms. The van der Waals surface area contributed by atoms with Gasteiger partial charge in [0.05, 0.1) is 24.5 Å². The Morgan fingerprint density at radius 1 is 1.41 bits per heavy atom. The topological polar surface area (TPSA) is 122 Å². The molecule has 22 heavy (non-hydrogen) atoms. The standard InChI is InChI=1S/C6H6Br3N3O6S3.Na/c7-6(8,9)21(15,16)5-11-10-4(20-5)1-12(2-13)3-19-18-17-14;/h2,14H,1,3H2;/q;+1/p-1. The van der Waals surface area contributed by atoms with E-state index in [-0.39, 0.29) is 46.3 Å². The number of rotatable bonds is 8. The van der Waals surface area contributed by atoms with E-state index in [0.717, 1.165) is 11.3 Å². The summed E-state index contributed by atoms with van der Waals surface area (Å²) in [5.41, 5.74) is 0. The number of alkyl halides is 3. The van der Waals surface area contributed by atoms with Gasteiger partial charge in [-0.05, 0) is 47.8 Å². The van der Waals surface area contributed by atoms with Crippen molar-refractivity contribution in [3.8, 4) is 0 Å². The van der Waals surface area contributed by atoms with Crippen molar-refractivity contribution in [2.75, 3.05) is 5.88 Å². The summed E-state index contributed by atoms with van der Waals surface area (Å²) in [6.07, 6.45) is 0.487. The second kappa shape index (κ2) is 10.6. The molecule has 0 saturated carbocycles. The molecule has 0 fully saturated rings. The van der Waals surface area contributed by atoms with Crippen molar-refractivity contribution in [3.63, 3.8) is 0 Å². The summed E-state index contributed by atoms with van der Waals surface area (Å²) in [7, 11) is -3.82. The first-order valence-corrected chi connectivity index (χ1v) is 10.2. The van der Waals surface area contributed by atoms with Gasteiger partial charge in [-0.1, -0.05) is 11.3 Å². The fraction of sp³-hybridized carbons (Fsp3) is 0.500. The van der Waals surface area contributed by atoms with Crippen LogP contribution in [0, 0.1) is 0 Å². The number of aromatic nitrogens is 2. The molecule has 16 heteroatoms. The second-order valence-electron chi connectivity index (χ2n) is 3.15. The van der Waals surface area contributed by atoms with Crippen molar-refractivity contribution in [2.45, 2.75) is 12.4 Å². The normalized spacial score (nSPS) is 11.8. The summed E-state index contributed by atoms with van der Waals surface area (Å²) in [5.74, 6) is -0.00727. The monoisotopic (exact) mass is 571 g/mol. The molecule has 1 heterocycles. The van der Waals surface area contributed by atoms with Gasteiger partial charge in [0.1, 0.15) is 5.01 Å². The van der Waals surface area contributed by atoms with Crippen LogP contribution in [0.3, 0.4) is 0 Å². The van der Waals surface area contributed by atoms with Crippen molar-refractivity contribution >= 4 is 87.4 Å². The number of carbonyl (C=O) groups is 1. The van der Waals surface area contributed by atoms with Crippen LogP contribution in [-0.2, 0) is 30.5 Å². The SMILES string of the molecule is O=CN(CSOO[O-])Cc1nnc(S(=O)(=O)C(Br)(Br)Br)s1.[Na+]. The molecule has 120 valence electrons. The summed E-state index contributed by atoms with van der Waals surface area (Å²) in [4.78, 5) is 12.0. The molecule has 0 saturated heterocycles. The molecule has 0 aromatic carbocycles. The van der Waals surface area contributed by atoms with Gasteiger partial charge in [0.25, 0.3) is 0 Å². The Bertz CT molecular complexity index is 582. The third-order valence-electron chi connectivity index (χ3n) is 1.76. The van der Waals surface area contributed by atoms with E-state index in [0.29, 0.717) is 23.5 Å². The van der Waals surface area contributed by atoms with Gasteiger partial charge in [-0.25, -0.2) is 8.42 Å². The Labute approximate surface area is 181 Å². The number of sulfone groups is 1. The predicted octanol–water partition coefficient (Wildman–Crippen LogP) is -2.10. The molecular weight excluding hydrogens is 569 g/mol. The Kier molecular flexibility index (Phi) is 11.4. The zero-order valence-electron chi connectivity index (χ0n) is 10.6. The Morgan fingerprint density at radius 2 is 2.05 bits per heavy atom. The van der Waals surface area contributed by atoms with Crippen LogP contribution in [-0.4, -0.2) is 37.3 Å². The number of amides is 1. The number of hydrogen-bond donors (Lipinski definition) is 0. The molecule has 0 radical (unpaired) electrons. The molecule has 1 aromatic heterocycles. The van der Waals surface area contributed by atoms with E-state index in [1.54, 1.807) is 0 Å². The quantitative estimate of drug-likeness (QED) is 0.0503. The van der Waals surface area contributed by atoms with E-state index in [4.69, 9.17) is 0 Å². The summed E-state index contributed by atoms with van der Waals surface area (Å²) in [6.45, 7) is 0.00572. The smallest absolute Gasteiger partial charge is 0.691 e. The number of nitrogens with zero attached hydrogens (tertiary/aromatic N) is 3. The number of halogens is 3. The molecule has 0 atom stereocenters. The van der Waals surface area contributed by atoms with E-state index in [1.165, 1.54) is 4.90 Å². The minimum Gasteiger partial charge on any atom is -0.691 e. The summed E-state index contributed by atoms with van der Waals surface area (Å²) >= 11 is 10.1. The van der Waals surface area contributed by atoms with Crippen LogP contribution in [0.15, 0.2) is 4.34 Å². The average molecular weight is 574 g/mol. The second-order valence-corrected chi connectivity index (χ2v) is 15.4. The van der Waals surface area contributed by atoms with E-state index in [2.05, 4.69) is 67.4 Å². The summed E-state index contributed by atoms with van der Waals surface area (Å²) < 4.78 is 26.3. The van der Waals surface area contributed by atoms with Crippen LogP contribution in [0.4, 0.5) is 0 Å². The molecule has 0 aliphatic heterocycles. The van der Waals surface area contributed by atoms with Crippen molar-refractivity contribution in [1.82, 2.24) is 15.1 Å². The van der Waals surface area contributed by atoms with Crippen LogP contribution in [0.1, 0.15) is 5.01 Å². The Hall–Kier alpha value is 1.65. The third-order valence-corrected chi connectivity index (χ3v) is 8.95. The van der Waals surface area contributed by atoms with Crippen molar-refractivity contribution in [1.29, 1.82) is 0 Å². The average Bonchev–Trinajstić information content (AvgIpc) is 2.85. The van der Waals surface area contributed by atoms with Gasteiger partial charge in [0, 0.05) is 0 Å². The van der Waals surface area contributed by atoms with Crippen LogP contribution < -0.4 is 34.8 Å². The van der Waals surface area contributed by atoms with E-state index in [9.17, 15) is 18.5 Å². The summed E-state index contributed by atoms with van der Waals surface area (Å²) in [5, 5.41) is 20.3. The maximum Gasteiger partial charge on any atom is 1.00 e. The van der Waals surface area contributed by atoms with Crippen LogP contribution in [0.5, 0.6) is 0 Å². The fourth-order valence-corrected chi connectivity index (χ4v) is 5.66. The molecule has 0 aliphatic rings. The molecular formula is C6H5Br3N3NaO6S3. The third kappa shape index (κ3) is 6.87. The van der Waals surface area contributed by atoms with Gasteiger partial charge in [-0.2, -0.15) is 4.33 Å². The fourth-order valence-electron chi connectivity index (χ4n) is 0.906. The van der Waals surface area contributed by atoms with Crippen LogP contribution in [0.25, 0.3) is 0 Å². The summed E-state index contributed by atoms with van der Waals surface area (Å²) in [6, 6.07) is 0. The Morgan fingerprint density at radius 3 is 2.55 bits per heavy atom. The zero-order chi connectivity index (χ0) is 16.1. The minimum atomic E-state index is -3.82. The van der Waals surface area contributed by atoms with Crippen molar-refractivity contribution < 1.29 is 57.4 Å². The molecule has 0 aliphatic carbocycles. The Balaban J connectivity index is 0.00000441. The molecule has 0 N–H and O–H groups in total. The van der Waals surface area contributed by atoms with Crippen LogP contribution >= 0.6 is 71.2 Å². The molecule has 1 rings (SSSR count). The largest absolute Gasteiger partial charge is 1.00 e. The predicted molar refractivity (Wildman–Crippen MR) is 82.8 cm³/mol. The van der Waals surface area contributed by atoms with Gasteiger partial charge in [-0.15, -0.1) is 10.2 Å². The van der Waals surface area contributed by atoms with Gasteiger partial charge < -0.3 is 10.2 Å². The number of hydrogen-bond acceptors (Lipinski definition) is 10. The zero-order valence-corrected chi connectivity index (χ0v) is 19.8. The van der Waals surface area contributed by atoms with Crippen molar-refractivity contribution in [2.24, 2.45) is 0 Å².